The van der Waals surface area contributed by atoms with E-state index >= 15 is 0 Å². The SMILES string of the molecule is COC(=O)C(NS(=O)(=O)N1CCCCC1)c1ccccc1. The summed E-state index contributed by atoms with van der Waals surface area (Å²) in [5.41, 5.74) is 0.560. The summed E-state index contributed by atoms with van der Waals surface area (Å²) in [6, 6.07) is 7.67. The van der Waals surface area contributed by atoms with Crippen molar-refractivity contribution in [2.24, 2.45) is 0 Å². The Labute approximate surface area is 125 Å². The van der Waals surface area contributed by atoms with E-state index < -0.39 is 22.2 Å². The molecule has 1 heterocycles. The summed E-state index contributed by atoms with van der Waals surface area (Å²) in [6.07, 6.45) is 2.72. The lowest BCUT2D eigenvalue weighted by molar-refractivity contribution is -0.142. The molecule has 1 unspecified atom stereocenters. The molecule has 0 saturated carbocycles. The van der Waals surface area contributed by atoms with Crippen molar-refractivity contribution in [1.82, 2.24) is 9.03 Å². The Kier molecular flexibility index (Phi) is 5.33. The summed E-state index contributed by atoms with van der Waals surface area (Å²) in [4.78, 5) is 11.9. The van der Waals surface area contributed by atoms with Gasteiger partial charge in [-0.15, -0.1) is 0 Å². The van der Waals surface area contributed by atoms with Crippen LogP contribution >= 0.6 is 0 Å². The number of nitrogens with one attached hydrogen (secondary N) is 1. The summed E-state index contributed by atoms with van der Waals surface area (Å²) < 4.78 is 33.3. The van der Waals surface area contributed by atoms with Crippen LogP contribution in [0.4, 0.5) is 0 Å². The van der Waals surface area contributed by atoms with Crippen molar-refractivity contribution in [2.45, 2.75) is 25.3 Å². The number of carbonyl (C=O) groups excluding carboxylic acids is 1. The second-order valence-corrected chi connectivity index (χ2v) is 6.65. The Morgan fingerprint density at radius 2 is 1.81 bits per heavy atom. The Morgan fingerprint density at radius 3 is 2.38 bits per heavy atom. The third-order valence-electron chi connectivity index (χ3n) is 3.49. The van der Waals surface area contributed by atoms with Crippen LogP contribution in [0.15, 0.2) is 30.3 Å². The number of nitrogens with zero attached hydrogens (tertiary/aromatic N) is 1. The van der Waals surface area contributed by atoms with E-state index in [1.165, 1.54) is 11.4 Å². The van der Waals surface area contributed by atoms with Gasteiger partial charge in [0.25, 0.3) is 10.2 Å². The molecule has 6 nitrogen and oxygen atoms in total. The minimum Gasteiger partial charge on any atom is -0.468 e. The molecule has 0 bridgehead atoms. The number of carbonyl (C=O) groups is 1. The molecule has 116 valence electrons. The van der Waals surface area contributed by atoms with E-state index in [9.17, 15) is 13.2 Å². The minimum absolute atomic E-state index is 0.484. The van der Waals surface area contributed by atoms with Gasteiger partial charge in [-0.05, 0) is 18.4 Å². The molecule has 1 saturated heterocycles. The Morgan fingerprint density at radius 1 is 1.19 bits per heavy atom. The van der Waals surface area contributed by atoms with Gasteiger partial charge in [0.1, 0.15) is 6.04 Å². The molecule has 1 aromatic carbocycles. The molecule has 0 amide bonds. The highest BCUT2D eigenvalue weighted by atomic mass is 32.2. The van der Waals surface area contributed by atoms with Gasteiger partial charge in [-0.25, -0.2) is 4.79 Å². The molecule has 1 N–H and O–H groups in total. The summed E-state index contributed by atoms with van der Waals surface area (Å²) in [7, 11) is -2.46. The molecule has 0 aromatic heterocycles. The molecule has 0 spiro atoms. The summed E-state index contributed by atoms with van der Waals surface area (Å²) in [5, 5.41) is 0. The fourth-order valence-electron chi connectivity index (χ4n) is 2.34. The van der Waals surface area contributed by atoms with Crippen LogP contribution < -0.4 is 4.72 Å². The first-order valence-electron chi connectivity index (χ1n) is 6.95. The van der Waals surface area contributed by atoms with Crippen molar-refractivity contribution >= 4 is 16.2 Å². The van der Waals surface area contributed by atoms with E-state index in [0.29, 0.717) is 18.7 Å². The van der Waals surface area contributed by atoms with Gasteiger partial charge >= 0.3 is 5.97 Å². The van der Waals surface area contributed by atoms with Gasteiger partial charge in [-0.3, -0.25) is 0 Å². The number of piperidine rings is 1. The third-order valence-corrected chi connectivity index (χ3v) is 5.07. The monoisotopic (exact) mass is 312 g/mol. The molecule has 1 aliphatic heterocycles. The maximum Gasteiger partial charge on any atom is 0.328 e. The van der Waals surface area contributed by atoms with Gasteiger partial charge in [0, 0.05) is 13.1 Å². The van der Waals surface area contributed by atoms with Crippen LogP contribution in [0.3, 0.4) is 0 Å². The Balaban J connectivity index is 2.20. The minimum atomic E-state index is -3.70. The van der Waals surface area contributed by atoms with E-state index in [0.717, 1.165) is 19.3 Å². The second kappa shape index (κ2) is 7.02. The predicted molar refractivity (Wildman–Crippen MR) is 78.7 cm³/mol. The normalized spacial score (nSPS) is 18.1. The van der Waals surface area contributed by atoms with Crippen LogP contribution in [0, 0.1) is 0 Å². The van der Waals surface area contributed by atoms with Crippen molar-refractivity contribution in [3.8, 4) is 0 Å². The lowest BCUT2D eigenvalue weighted by atomic mass is 10.1. The van der Waals surface area contributed by atoms with E-state index in [-0.39, 0.29) is 0 Å². The number of benzene rings is 1. The number of rotatable bonds is 5. The first-order chi connectivity index (χ1) is 10.0. The first-order valence-corrected chi connectivity index (χ1v) is 8.39. The number of hydrogen-bond acceptors (Lipinski definition) is 4. The highest BCUT2D eigenvalue weighted by Gasteiger charge is 2.31. The van der Waals surface area contributed by atoms with Crippen LogP contribution in [0.25, 0.3) is 0 Å². The second-order valence-electron chi connectivity index (χ2n) is 4.95. The summed E-state index contributed by atoms with van der Waals surface area (Å²) in [5.74, 6) is -0.623. The lowest BCUT2D eigenvalue weighted by Gasteiger charge is -2.28. The average Bonchev–Trinajstić information content (AvgIpc) is 2.53. The molecule has 0 radical (unpaired) electrons. The van der Waals surface area contributed by atoms with E-state index in [4.69, 9.17) is 4.74 Å². The molecule has 7 heteroatoms. The molecule has 1 aromatic rings. The van der Waals surface area contributed by atoms with Crippen molar-refractivity contribution in [2.75, 3.05) is 20.2 Å². The van der Waals surface area contributed by atoms with E-state index in [1.54, 1.807) is 30.3 Å². The van der Waals surface area contributed by atoms with E-state index in [2.05, 4.69) is 4.72 Å². The summed E-state index contributed by atoms with van der Waals surface area (Å²) in [6.45, 7) is 0.968. The van der Waals surface area contributed by atoms with Crippen LogP contribution in [0.1, 0.15) is 30.9 Å². The zero-order chi connectivity index (χ0) is 15.3. The zero-order valence-corrected chi connectivity index (χ0v) is 12.8. The molecule has 0 aliphatic carbocycles. The predicted octanol–water partition coefficient (Wildman–Crippen LogP) is 1.22. The molecular formula is C14H20N2O4S. The molecule has 21 heavy (non-hydrogen) atoms. The van der Waals surface area contributed by atoms with Gasteiger partial charge in [0.15, 0.2) is 0 Å². The third kappa shape index (κ3) is 4.03. The van der Waals surface area contributed by atoms with Crippen LogP contribution in [0.5, 0.6) is 0 Å². The maximum atomic E-state index is 12.4. The molecular weight excluding hydrogens is 292 g/mol. The van der Waals surface area contributed by atoms with Crippen molar-refractivity contribution in [3.05, 3.63) is 35.9 Å². The quantitative estimate of drug-likeness (QED) is 0.830. The number of esters is 1. The number of hydrogen-bond donors (Lipinski definition) is 1. The van der Waals surface area contributed by atoms with Crippen LogP contribution in [-0.2, 0) is 19.7 Å². The summed E-state index contributed by atoms with van der Waals surface area (Å²) >= 11 is 0. The first kappa shape index (κ1) is 15.9. The molecule has 2 rings (SSSR count). The number of methoxy groups -OCH3 is 1. The van der Waals surface area contributed by atoms with Gasteiger partial charge in [0.05, 0.1) is 7.11 Å². The fourth-order valence-corrected chi connectivity index (χ4v) is 3.76. The average molecular weight is 312 g/mol. The zero-order valence-electron chi connectivity index (χ0n) is 12.0. The topological polar surface area (TPSA) is 75.7 Å². The van der Waals surface area contributed by atoms with Crippen molar-refractivity contribution < 1.29 is 17.9 Å². The highest BCUT2D eigenvalue weighted by molar-refractivity contribution is 7.87. The smallest absolute Gasteiger partial charge is 0.328 e. The maximum absolute atomic E-state index is 12.4. The van der Waals surface area contributed by atoms with Crippen LogP contribution in [-0.4, -0.2) is 38.9 Å². The standard InChI is InChI=1S/C14H20N2O4S/c1-20-14(17)13(12-8-4-2-5-9-12)15-21(18,19)16-10-6-3-7-11-16/h2,4-5,8-9,13,15H,3,6-7,10-11H2,1H3. The molecule has 1 atom stereocenters. The Bertz CT molecular complexity index is 568. The number of ether oxygens (including phenoxy) is 1. The largest absolute Gasteiger partial charge is 0.468 e. The van der Waals surface area contributed by atoms with Crippen molar-refractivity contribution in [1.29, 1.82) is 0 Å². The van der Waals surface area contributed by atoms with E-state index in [1.807, 2.05) is 0 Å². The highest BCUT2D eigenvalue weighted by Crippen LogP contribution is 2.18. The lowest BCUT2D eigenvalue weighted by Crippen LogP contribution is -2.46. The van der Waals surface area contributed by atoms with Gasteiger partial charge < -0.3 is 4.74 Å². The van der Waals surface area contributed by atoms with Gasteiger partial charge in [0.2, 0.25) is 0 Å². The van der Waals surface area contributed by atoms with Crippen LogP contribution in [0.2, 0.25) is 0 Å². The Hall–Kier alpha value is -1.44. The fraction of sp³-hybridized carbons (Fsp3) is 0.500. The molecule has 1 fully saturated rings. The molecule has 1 aliphatic rings. The van der Waals surface area contributed by atoms with Crippen molar-refractivity contribution in [3.63, 3.8) is 0 Å². The van der Waals surface area contributed by atoms with Gasteiger partial charge in [-0.1, -0.05) is 36.8 Å². The van der Waals surface area contributed by atoms with Gasteiger partial charge in [-0.2, -0.15) is 17.4 Å².